The van der Waals surface area contributed by atoms with Crippen LogP contribution in [-0.2, 0) is 16.6 Å². The van der Waals surface area contributed by atoms with E-state index in [1.807, 2.05) is 13.0 Å². The van der Waals surface area contributed by atoms with Gasteiger partial charge in [0.1, 0.15) is 11.2 Å². The number of benzene rings is 1. The summed E-state index contributed by atoms with van der Waals surface area (Å²) in [6.07, 6.45) is 3.02. The minimum absolute atomic E-state index is 0.00191. The van der Waals surface area contributed by atoms with Crippen LogP contribution in [0.1, 0.15) is 41.9 Å². The second-order valence-electron chi connectivity index (χ2n) is 5.69. The van der Waals surface area contributed by atoms with Crippen LogP contribution in [-0.4, -0.2) is 23.5 Å². The predicted molar refractivity (Wildman–Crippen MR) is 86.5 cm³/mol. The molecule has 23 heavy (non-hydrogen) atoms. The first-order valence-corrected chi connectivity index (χ1v) is 7.62. The van der Waals surface area contributed by atoms with Gasteiger partial charge in [0.25, 0.3) is 5.91 Å². The quantitative estimate of drug-likeness (QED) is 0.823. The number of rotatable bonds is 7. The number of hydrogen-bond acceptors (Lipinski definition) is 3. The second kappa shape index (κ2) is 7.13. The zero-order valence-corrected chi connectivity index (χ0v) is 13.3. The summed E-state index contributed by atoms with van der Waals surface area (Å²) < 4.78 is 5.31. The molecule has 5 heteroatoms. The minimum atomic E-state index is -1.19. The average Bonchev–Trinajstić information content (AvgIpc) is 3.01. The summed E-state index contributed by atoms with van der Waals surface area (Å²) in [5.74, 6) is -0.669. The Kier molecular flexibility index (Phi) is 5.21. The summed E-state index contributed by atoms with van der Waals surface area (Å²) in [6.45, 7) is 3.61. The Bertz CT molecular complexity index is 677. The van der Waals surface area contributed by atoms with E-state index in [0.29, 0.717) is 23.3 Å². The SMILES string of the molecule is CCCc1occc1C(=O)NCC(C)(C(=O)O)c1ccccc1. The summed E-state index contributed by atoms with van der Waals surface area (Å²) >= 11 is 0. The van der Waals surface area contributed by atoms with Crippen LogP contribution in [0.5, 0.6) is 0 Å². The first-order valence-electron chi connectivity index (χ1n) is 7.62. The zero-order chi connectivity index (χ0) is 16.9. The van der Waals surface area contributed by atoms with E-state index in [2.05, 4.69) is 5.32 Å². The van der Waals surface area contributed by atoms with Crippen molar-refractivity contribution in [1.82, 2.24) is 5.32 Å². The maximum Gasteiger partial charge on any atom is 0.315 e. The maximum absolute atomic E-state index is 12.3. The average molecular weight is 315 g/mol. The molecule has 1 aromatic carbocycles. The van der Waals surface area contributed by atoms with Crippen LogP contribution < -0.4 is 5.32 Å². The van der Waals surface area contributed by atoms with Gasteiger partial charge in [-0.3, -0.25) is 9.59 Å². The Morgan fingerprint density at radius 3 is 2.52 bits per heavy atom. The Morgan fingerprint density at radius 1 is 1.22 bits per heavy atom. The summed E-state index contributed by atoms with van der Waals surface area (Å²) in [5, 5.41) is 12.3. The molecule has 0 fully saturated rings. The molecule has 0 saturated heterocycles. The third-order valence-corrected chi connectivity index (χ3v) is 3.95. The van der Waals surface area contributed by atoms with Gasteiger partial charge in [0, 0.05) is 13.0 Å². The molecule has 0 saturated carbocycles. The molecule has 122 valence electrons. The van der Waals surface area contributed by atoms with Crippen molar-refractivity contribution < 1.29 is 19.1 Å². The van der Waals surface area contributed by atoms with Gasteiger partial charge < -0.3 is 14.8 Å². The molecule has 0 spiro atoms. The van der Waals surface area contributed by atoms with Crippen LogP contribution >= 0.6 is 0 Å². The smallest absolute Gasteiger partial charge is 0.315 e. The topological polar surface area (TPSA) is 79.5 Å². The molecule has 0 aliphatic carbocycles. The third kappa shape index (κ3) is 3.62. The summed E-state index contributed by atoms with van der Waals surface area (Å²) in [6, 6.07) is 10.5. The van der Waals surface area contributed by atoms with E-state index < -0.39 is 11.4 Å². The van der Waals surface area contributed by atoms with Crippen LogP contribution in [0.3, 0.4) is 0 Å². The molecule has 2 aromatic rings. The number of carbonyl (C=O) groups excluding carboxylic acids is 1. The minimum Gasteiger partial charge on any atom is -0.481 e. The fourth-order valence-corrected chi connectivity index (χ4v) is 2.42. The van der Waals surface area contributed by atoms with Crippen LogP contribution in [0.2, 0.25) is 0 Å². The van der Waals surface area contributed by atoms with E-state index in [4.69, 9.17) is 4.42 Å². The predicted octanol–water partition coefficient (Wildman–Crippen LogP) is 3.00. The van der Waals surface area contributed by atoms with Crippen molar-refractivity contribution in [2.75, 3.05) is 6.54 Å². The van der Waals surface area contributed by atoms with E-state index in [-0.39, 0.29) is 12.5 Å². The zero-order valence-electron chi connectivity index (χ0n) is 13.3. The lowest BCUT2D eigenvalue weighted by Crippen LogP contribution is -2.44. The normalized spacial score (nSPS) is 13.3. The molecule has 1 unspecified atom stereocenters. The van der Waals surface area contributed by atoms with E-state index in [9.17, 15) is 14.7 Å². The lowest BCUT2D eigenvalue weighted by atomic mass is 9.82. The van der Waals surface area contributed by atoms with Crippen molar-refractivity contribution >= 4 is 11.9 Å². The number of carbonyl (C=O) groups is 2. The number of carboxylic acids is 1. The van der Waals surface area contributed by atoms with Gasteiger partial charge in [0.2, 0.25) is 0 Å². The van der Waals surface area contributed by atoms with Crippen LogP contribution in [0.15, 0.2) is 47.1 Å². The largest absolute Gasteiger partial charge is 0.481 e. The van der Waals surface area contributed by atoms with Crippen molar-refractivity contribution in [3.8, 4) is 0 Å². The lowest BCUT2D eigenvalue weighted by Gasteiger charge is -2.25. The van der Waals surface area contributed by atoms with Gasteiger partial charge in [-0.1, -0.05) is 37.3 Å². The molecule has 1 heterocycles. The Balaban J connectivity index is 2.15. The number of carboxylic acid groups (broad SMARTS) is 1. The molecule has 5 nitrogen and oxygen atoms in total. The molecule has 0 bridgehead atoms. The van der Waals surface area contributed by atoms with Crippen molar-refractivity contribution in [1.29, 1.82) is 0 Å². The summed E-state index contributed by atoms with van der Waals surface area (Å²) in [7, 11) is 0. The Hall–Kier alpha value is -2.56. The molecule has 1 atom stereocenters. The van der Waals surface area contributed by atoms with Crippen molar-refractivity contribution in [3.63, 3.8) is 0 Å². The highest BCUT2D eigenvalue weighted by molar-refractivity contribution is 5.95. The Morgan fingerprint density at radius 2 is 1.91 bits per heavy atom. The molecular weight excluding hydrogens is 294 g/mol. The lowest BCUT2D eigenvalue weighted by molar-refractivity contribution is -0.142. The van der Waals surface area contributed by atoms with Gasteiger partial charge in [0.05, 0.1) is 11.8 Å². The highest BCUT2D eigenvalue weighted by Gasteiger charge is 2.35. The van der Waals surface area contributed by atoms with Crippen LogP contribution in [0.25, 0.3) is 0 Å². The monoisotopic (exact) mass is 315 g/mol. The van der Waals surface area contributed by atoms with Crippen molar-refractivity contribution in [2.24, 2.45) is 0 Å². The summed E-state index contributed by atoms with van der Waals surface area (Å²) in [4.78, 5) is 24.1. The standard InChI is InChI=1S/C18H21NO4/c1-3-7-15-14(10-11-23-15)16(20)19-12-18(2,17(21)22)13-8-5-4-6-9-13/h4-6,8-11H,3,7,12H2,1-2H3,(H,19,20)(H,21,22). The maximum atomic E-state index is 12.3. The highest BCUT2D eigenvalue weighted by Crippen LogP contribution is 2.23. The van der Waals surface area contributed by atoms with E-state index >= 15 is 0 Å². The molecule has 1 amide bonds. The fourth-order valence-electron chi connectivity index (χ4n) is 2.42. The highest BCUT2D eigenvalue weighted by atomic mass is 16.4. The molecule has 2 N–H and O–H groups in total. The van der Waals surface area contributed by atoms with Gasteiger partial charge in [-0.25, -0.2) is 0 Å². The molecular formula is C18H21NO4. The molecule has 0 aliphatic heterocycles. The third-order valence-electron chi connectivity index (χ3n) is 3.95. The second-order valence-corrected chi connectivity index (χ2v) is 5.69. The number of furan rings is 1. The van der Waals surface area contributed by atoms with Crippen molar-refractivity contribution in [2.45, 2.75) is 32.1 Å². The fraction of sp³-hybridized carbons (Fsp3) is 0.333. The van der Waals surface area contributed by atoms with E-state index in [1.165, 1.54) is 6.26 Å². The van der Waals surface area contributed by atoms with E-state index in [0.717, 1.165) is 6.42 Å². The number of aliphatic carboxylic acids is 1. The Labute approximate surface area is 135 Å². The number of amides is 1. The van der Waals surface area contributed by atoms with E-state index in [1.54, 1.807) is 37.3 Å². The van der Waals surface area contributed by atoms with Crippen LogP contribution in [0.4, 0.5) is 0 Å². The molecule has 2 rings (SSSR count). The number of hydrogen-bond donors (Lipinski definition) is 2. The molecule has 0 aliphatic rings. The van der Waals surface area contributed by atoms with Crippen LogP contribution in [0, 0.1) is 0 Å². The number of nitrogens with one attached hydrogen (secondary N) is 1. The molecule has 1 aromatic heterocycles. The van der Waals surface area contributed by atoms with Gasteiger partial charge in [-0.2, -0.15) is 0 Å². The first-order chi connectivity index (χ1) is 11.0. The van der Waals surface area contributed by atoms with Gasteiger partial charge in [-0.05, 0) is 25.0 Å². The van der Waals surface area contributed by atoms with Gasteiger partial charge >= 0.3 is 5.97 Å². The number of aryl methyl sites for hydroxylation is 1. The van der Waals surface area contributed by atoms with Gasteiger partial charge in [-0.15, -0.1) is 0 Å². The molecule has 0 radical (unpaired) electrons. The van der Waals surface area contributed by atoms with Gasteiger partial charge in [0.15, 0.2) is 0 Å². The van der Waals surface area contributed by atoms with Crippen molar-refractivity contribution in [3.05, 3.63) is 59.5 Å². The first kappa shape index (κ1) is 16.8. The summed E-state index contributed by atoms with van der Waals surface area (Å²) in [5.41, 5.74) is -0.0765.